The van der Waals surface area contributed by atoms with Crippen LogP contribution in [0.15, 0.2) is 24.3 Å². The number of alkyl halides is 1. The Balaban J connectivity index is 2.69. The molecule has 0 aliphatic carbocycles. The third-order valence-corrected chi connectivity index (χ3v) is 2.63. The van der Waals surface area contributed by atoms with Crippen molar-refractivity contribution in [1.82, 2.24) is 5.32 Å². The second-order valence-electron chi connectivity index (χ2n) is 3.05. The van der Waals surface area contributed by atoms with Gasteiger partial charge in [0.2, 0.25) is 0 Å². The van der Waals surface area contributed by atoms with Crippen molar-refractivity contribution in [3.05, 3.63) is 35.4 Å². The lowest BCUT2D eigenvalue weighted by atomic mass is 10.1. The Morgan fingerprint density at radius 1 is 1.38 bits per heavy atom. The van der Waals surface area contributed by atoms with Crippen LogP contribution in [0.3, 0.4) is 0 Å². The van der Waals surface area contributed by atoms with Crippen LogP contribution in [0.4, 0.5) is 0 Å². The van der Waals surface area contributed by atoms with Crippen LogP contribution in [0, 0.1) is 0 Å². The van der Waals surface area contributed by atoms with Crippen LogP contribution in [0.1, 0.15) is 15.9 Å². The molecule has 0 radical (unpaired) electrons. The van der Waals surface area contributed by atoms with Crippen molar-refractivity contribution in [3.8, 4) is 0 Å². The summed E-state index contributed by atoms with van der Waals surface area (Å²) < 4.78 is 4.43. The summed E-state index contributed by atoms with van der Waals surface area (Å²) >= 11 is 3.30. The predicted octanol–water partition coefficient (Wildman–Crippen LogP) is 1.48. The number of rotatable bonds is 4. The van der Waals surface area contributed by atoms with E-state index < -0.39 is 5.97 Å². The largest absolute Gasteiger partial charge is 0.468 e. The zero-order chi connectivity index (χ0) is 12.0. The number of ether oxygens (including phenoxy) is 1. The molecule has 0 bridgehead atoms. The highest BCUT2D eigenvalue weighted by Crippen LogP contribution is 2.11. The molecule has 1 aromatic carbocycles. The molecule has 0 aliphatic heterocycles. The van der Waals surface area contributed by atoms with Crippen molar-refractivity contribution in [2.45, 2.75) is 5.33 Å². The summed E-state index contributed by atoms with van der Waals surface area (Å²) in [5.41, 5.74) is 1.44. The number of esters is 1. The number of carbonyl (C=O) groups is 2. The topological polar surface area (TPSA) is 55.4 Å². The van der Waals surface area contributed by atoms with E-state index in [0.29, 0.717) is 10.9 Å². The zero-order valence-electron chi connectivity index (χ0n) is 8.83. The van der Waals surface area contributed by atoms with Crippen LogP contribution in [0.2, 0.25) is 0 Å². The van der Waals surface area contributed by atoms with E-state index >= 15 is 0 Å². The van der Waals surface area contributed by atoms with Crippen LogP contribution in [0.25, 0.3) is 0 Å². The number of benzene rings is 1. The Kier molecular flexibility index (Phi) is 4.98. The molecule has 16 heavy (non-hydrogen) atoms. The molecule has 1 amide bonds. The lowest BCUT2D eigenvalue weighted by Crippen LogP contribution is -2.30. The number of hydrogen-bond acceptors (Lipinski definition) is 3. The van der Waals surface area contributed by atoms with Crippen LogP contribution in [0.5, 0.6) is 0 Å². The first-order chi connectivity index (χ1) is 7.69. The van der Waals surface area contributed by atoms with Crippen LogP contribution in [-0.2, 0) is 14.9 Å². The van der Waals surface area contributed by atoms with Crippen molar-refractivity contribution < 1.29 is 14.3 Å². The smallest absolute Gasteiger partial charge is 0.325 e. The van der Waals surface area contributed by atoms with Gasteiger partial charge in [0.1, 0.15) is 6.54 Å². The molecule has 0 heterocycles. The molecular weight excluding hydrogens is 274 g/mol. The fourth-order valence-corrected chi connectivity index (χ4v) is 1.67. The first kappa shape index (κ1) is 12.7. The first-order valence-electron chi connectivity index (χ1n) is 4.68. The Hall–Kier alpha value is -1.36. The maximum Gasteiger partial charge on any atom is 0.325 e. The average Bonchev–Trinajstić information content (AvgIpc) is 2.35. The molecule has 0 aromatic heterocycles. The molecule has 0 saturated carbocycles. The number of halogens is 1. The molecule has 0 fully saturated rings. The van der Waals surface area contributed by atoms with E-state index in [9.17, 15) is 9.59 Å². The SMILES string of the molecule is COC(=O)CNC(=O)c1ccccc1CBr. The predicted molar refractivity (Wildman–Crippen MR) is 63.4 cm³/mol. The van der Waals surface area contributed by atoms with E-state index in [1.165, 1.54) is 7.11 Å². The Morgan fingerprint density at radius 2 is 2.06 bits per heavy atom. The lowest BCUT2D eigenvalue weighted by Gasteiger charge is -2.07. The molecule has 0 atom stereocenters. The van der Waals surface area contributed by atoms with Crippen molar-refractivity contribution in [3.63, 3.8) is 0 Å². The highest BCUT2D eigenvalue weighted by atomic mass is 79.9. The van der Waals surface area contributed by atoms with Crippen LogP contribution < -0.4 is 5.32 Å². The zero-order valence-corrected chi connectivity index (χ0v) is 10.4. The van der Waals surface area contributed by atoms with Crippen molar-refractivity contribution in [1.29, 1.82) is 0 Å². The fraction of sp³-hybridized carbons (Fsp3) is 0.273. The molecular formula is C11H12BrNO3. The normalized spacial score (nSPS) is 9.62. The van der Waals surface area contributed by atoms with Gasteiger partial charge < -0.3 is 10.1 Å². The van der Waals surface area contributed by atoms with Gasteiger partial charge >= 0.3 is 5.97 Å². The van der Waals surface area contributed by atoms with Gasteiger partial charge in [-0.2, -0.15) is 0 Å². The summed E-state index contributed by atoms with van der Waals surface area (Å²) in [5.74, 6) is -0.745. The number of nitrogens with one attached hydrogen (secondary N) is 1. The Labute approximate surface area is 102 Å². The summed E-state index contributed by atoms with van der Waals surface area (Å²) in [7, 11) is 1.28. The maximum atomic E-state index is 11.7. The van der Waals surface area contributed by atoms with Gasteiger partial charge in [-0.25, -0.2) is 0 Å². The van der Waals surface area contributed by atoms with E-state index in [-0.39, 0.29) is 12.5 Å². The first-order valence-corrected chi connectivity index (χ1v) is 5.80. The lowest BCUT2D eigenvalue weighted by molar-refractivity contribution is -0.139. The second kappa shape index (κ2) is 6.27. The minimum atomic E-state index is -0.468. The van der Waals surface area contributed by atoms with Gasteiger partial charge in [-0.1, -0.05) is 34.1 Å². The molecule has 0 unspecified atom stereocenters. The monoisotopic (exact) mass is 285 g/mol. The highest BCUT2D eigenvalue weighted by molar-refractivity contribution is 9.08. The third-order valence-electron chi connectivity index (χ3n) is 2.03. The van der Waals surface area contributed by atoms with Crippen molar-refractivity contribution in [2.75, 3.05) is 13.7 Å². The van der Waals surface area contributed by atoms with Gasteiger partial charge in [0.25, 0.3) is 5.91 Å². The standard InChI is InChI=1S/C11H12BrNO3/c1-16-10(14)7-13-11(15)9-5-3-2-4-8(9)6-12/h2-5H,6-7H2,1H3,(H,13,15). The minimum Gasteiger partial charge on any atom is -0.468 e. The number of hydrogen-bond donors (Lipinski definition) is 1. The van der Waals surface area contributed by atoms with Gasteiger partial charge in [-0.3, -0.25) is 9.59 Å². The molecule has 86 valence electrons. The molecule has 4 nitrogen and oxygen atoms in total. The van der Waals surface area contributed by atoms with Crippen molar-refractivity contribution >= 4 is 27.8 Å². The van der Waals surface area contributed by atoms with Gasteiger partial charge in [-0.15, -0.1) is 0 Å². The molecule has 5 heteroatoms. The van der Waals surface area contributed by atoms with Crippen LogP contribution in [-0.4, -0.2) is 25.5 Å². The summed E-state index contributed by atoms with van der Waals surface area (Å²) in [6.45, 7) is -0.119. The molecule has 0 aliphatic rings. The molecule has 1 aromatic rings. The van der Waals surface area contributed by atoms with E-state index in [4.69, 9.17) is 0 Å². The summed E-state index contributed by atoms with van der Waals surface area (Å²) in [6.07, 6.45) is 0. The Bertz CT molecular complexity index is 393. The molecule has 0 saturated heterocycles. The second-order valence-corrected chi connectivity index (χ2v) is 3.61. The van der Waals surface area contributed by atoms with E-state index in [2.05, 4.69) is 26.0 Å². The third kappa shape index (κ3) is 3.34. The molecule has 1 N–H and O–H groups in total. The van der Waals surface area contributed by atoms with E-state index in [1.54, 1.807) is 12.1 Å². The minimum absolute atomic E-state index is 0.119. The number of methoxy groups -OCH3 is 1. The summed E-state index contributed by atoms with van der Waals surface area (Å²) in [4.78, 5) is 22.6. The van der Waals surface area contributed by atoms with E-state index in [0.717, 1.165) is 5.56 Å². The van der Waals surface area contributed by atoms with Crippen molar-refractivity contribution in [2.24, 2.45) is 0 Å². The van der Waals surface area contributed by atoms with Gasteiger partial charge in [0, 0.05) is 10.9 Å². The molecule has 1 rings (SSSR count). The fourth-order valence-electron chi connectivity index (χ4n) is 1.18. The quantitative estimate of drug-likeness (QED) is 0.674. The van der Waals surface area contributed by atoms with Gasteiger partial charge in [0.05, 0.1) is 7.11 Å². The highest BCUT2D eigenvalue weighted by Gasteiger charge is 2.11. The van der Waals surface area contributed by atoms with Gasteiger partial charge in [-0.05, 0) is 11.6 Å². The van der Waals surface area contributed by atoms with E-state index in [1.807, 2.05) is 12.1 Å². The van der Waals surface area contributed by atoms with Crippen LogP contribution >= 0.6 is 15.9 Å². The average molecular weight is 286 g/mol. The summed E-state index contributed by atoms with van der Waals surface area (Å²) in [5, 5.41) is 3.08. The molecule has 0 spiro atoms. The Morgan fingerprint density at radius 3 is 2.69 bits per heavy atom. The maximum absolute atomic E-state index is 11.7. The van der Waals surface area contributed by atoms with Gasteiger partial charge in [0.15, 0.2) is 0 Å². The number of carbonyl (C=O) groups excluding carboxylic acids is 2. The number of amides is 1. The summed E-state index contributed by atoms with van der Waals surface area (Å²) in [6, 6.07) is 7.19.